The summed E-state index contributed by atoms with van der Waals surface area (Å²) < 4.78 is 32.3. The number of aliphatic hydroxyl groups excluding tert-OH is 1. The fourth-order valence-corrected chi connectivity index (χ4v) is 14.1. The summed E-state index contributed by atoms with van der Waals surface area (Å²) in [5, 5.41) is 36.8. The van der Waals surface area contributed by atoms with Gasteiger partial charge in [0.1, 0.15) is 54.3 Å². The average molecular weight is 1420 g/mol. The van der Waals surface area contributed by atoms with Crippen LogP contribution in [0.2, 0.25) is 0 Å². The van der Waals surface area contributed by atoms with E-state index in [0.29, 0.717) is 48.6 Å². The number of hydrogen-bond donors (Lipinski definition) is 12. The molecule has 34 heteroatoms. The maximum atomic E-state index is 15.5. The van der Waals surface area contributed by atoms with Gasteiger partial charge in [-0.15, -0.1) is 0 Å². The van der Waals surface area contributed by atoms with Gasteiger partial charge in [-0.2, -0.15) is 13.2 Å². The van der Waals surface area contributed by atoms with Crippen LogP contribution in [0.15, 0.2) is 64.6 Å². The van der Waals surface area contributed by atoms with E-state index in [2.05, 4.69) is 63.0 Å². The molecule has 0 spiro atoms. The molecular formula is C67H99F3N18O13. The van der Waals surface area contributed by atoms with Crippen LogP contribution in [0.4, 0.5) is 13.2 Å². The van der Waals surface area contributed by atoms with E-state index >= 15 is 14.4 Å². The molecular weight excluding hydrogens is 1320 g/mol. The predicted molar refractivity (Wildman–Crippen MR) is 360 cm³/mol. The summed E-state index contributed by atoms with van der Waals surface area (Å²) in [4.78, 5) is 168. The fraction of sp³-hybridized carbons (Fsp3) is 0.627. The molecule has 556 valence electrons. The fourth-order valence-electron chi connectivity index (χ4n) is 14.1. The standard InChI is InChI=1S/C65H98N18O11.C2HF3O2/c1-83(2,3)31-12-11-22-45-56(87)71-29-26-47(61(92)80-37-42-20-8-7-18-40(42)33-53(80)63(94)82-49-24-10-9-19-41(49)34-52(82)59(90)76-45)78-57(88)48(32-39-16-5-4-6-17-39)75-54(85)36-74-58(89)51-35-43(84)38-81(51)62(93)50-25-15-30-79(50)60(91)46(23-14-28-73-65(69)70)77-55(86)44(66)21-13-27-72-64(67)68;3-2(4,5)1(6)7/h4-8,16-18,20,41,43-53,84H,9-15,19,21-38,66H2,1-3H3,(H13-,67,68,69,70,71,72,73,74,75,76,77,78,85,86,87,88,89,90);(H,6,7)/t41?,43-,44-,45-,46+,47+,48+,49?,50+,51+,52+,53-;/m1./s1. The molecule has 0 aromatic heterocycles. The van der Waals surface area contributed by atoms with Crippen LogP contribution in [-0.2, 0) is 72.1 Å². The van der Waals surface area contributed by atoms with E-state index in [-0.39, 0.29) is 120 Å². The number of carboxylic acids is 1. The number of hydrogen-bond acceptors (Lipinski definition) is 16. The van der Waals surface area contributed by atoms with Crippen molar-refractivity contribution in [1.29, 1.82) is 0 Å². The second-order valence-electron chi connectivity index (χ2n) is 27.7. The number of guanidine groups is 2. The number of benzene rings is 2. The predicted octanol–water partition coefficient (Wildman–Crippen LogP) is -3.52. The Morgan fingerprint density at radius 2 is 1.40 bits per heavy atom. The second-order valence-corrected chi connectivity index (χ2v) is 27.7. The number of rotatable bonds is 25. The molecule has 8 rings (SSSR count). The third-order valence-corrected chi connectivity index (χ3v) is 19.2. The minimum atomic E-state index is -5.19. The Bertz CT molecular complexity index is 3330. The highest BCUT2D eigenvalue weighted by molar-refractivity contribution is 5.99. The molecule has 0 radical (unpaired) electrons. The summed E-state index contributed by atoms with van der Waals surface area (Å²) in [7, 11) is 6.24. The van der Waals surface area contributed by atoms with Crippen LogP contribution >= 0.6 is 0 Å². The molecule has 6 aliphatic rings. The molecule has 5 aliphatic heterocycles. The van der Waals surface area contributed by atoms with Gasteiger partial charge in [0, 0.05) is 64.6 Å². The van der Waals surface area contributed by atoms with Crippen molar-refractivity contribution in [3.63, 3.8) is 0 Å². The number of alkyl halides is 3. The number of fused-ring (bicyclic) bond motifs is 5. The smallest absolute Gasteiger partial charge is 0.430 e. The highest BCUT2D eigenvalue weighted by Crippen LogP contribution is 2.42. The first-order valence-electron chi connectivity index (χ1n) is 34.5. The zero-order chi connectivity index (χ0) is 73.9. The lowest BCUT2D eigenvalue weighted by Crippen LogP contribution is -2.63. The van der Waals surface area contributed by atoms with Crippen LogP contribution in [0.5, 0.6) is 0 Å². The van der Waals surface area contributed by atoms with Gasteiger partial charge in [0.25, 0.3) is 0 Å². The third kappa shape index (κ3) is 22.7. The van der Waals surface area contributed by atoms with E-state index in [4.69, 9.17) is 38.6 Å². The van der Waals surface area contributed by atoms with E-state index in [0.717, 1.165) is 43.4 Å². The van der Waals surface area contributed by atoms with E-state index in [1.165, 1.54) is 14.7 Å². The second kappa shape index (κ2) is 36.4. The van der Waals surface area contributed by atoms with Crippen molar-refractivity contribution in [1.82, 2.24) is 51.5 Å². The summed E-state index contributed by atoms with van der Waals surface area (Å²) in [6.45, 7) is 0.307. The largest absolute Gasteiger partial charge is 0.542 e. The number of nitrogens with one attached hydrogen (secondary N) is 6. The summed E-state index contributed by atoms with van der Waals surface area (Å²) >= 11 is 0. The first-order valence-corrected chi connectivity index (χ1v) is 34.5. The van der Waals surface area contributed by atoms with E-state index in [1.54, 1.807) is 35.2 Å². The molecule has 2 unspecified atom stereocenters. The van der Waals surface area contributed by atoms with E-state index < -0.39 is 132 Å². The monoisotopic (exact) mass is 1420 g/mol. The molecule has 2 aromatic rings. The van der Waals surface area contributed by atoms with Gasteiger partial charge in [-0.05, 0) is 106 Å². The quantitative estimate of drug-likeness (QED) is 0.0198. The van der Waals surface area contributed by atoms with Crippen LogP contribution in [0.1, 0.15) is 119 Å². The Balaban J connectivity index is 0.00000194. The number of carbonyl (C=O) groups is 11. The minimum absolute atomic E-state index is 0.0177. The first-order chi connectivity index (χ1) is 47.8. The number of amides is 10. The zero-order valence-electron chi connectivity index (χ0n) is 57.5. The number of unbranched alkanes of at least 4 members (excludes halogenated alkanes) is 1. The topological polar surface area (TPSA) is 471 Å². The van der Waals surface area contributed by atoms with Crippen molar-refractivity contribution in [3.05, 3.63) is 71.3 Å². The van der Waals surface area contributed by atoms with Crippen molar-refractivity contribution < 1.29 is 80.6 Å². The molecule has 5 fully saturated rings. The van der Waals surface area contributed by atoms with Gasteiger partial charge in [0.05, 0.1) is 46.4 Å². The Hall–Kier alpha value is -9.18. The van der Waals surface area contributed by atoms with Gasteiger partial charge in [-0.25, -0.2) is 0 Å². The first kappa shape index (κ1) is 79.1. The number of likely N-dealkylation sites (tertiary alicyclic amines) is 2. The van der Waals surface area contributed by atoms with Gasteiger partial charge in [0.2, 0.25) is 59.1 Å². The van der Waals surface area contributed by atoms with Crippen LogP contribution in [0.3, 0.4) is 0 Å². The number of aliphatic carboxylic acids is 1. The number of aliphatic hydroxyl groups is 1. The van der Waals surface area contributed by atoms with Crippen molar-refractivity contribution in [3.8, 4) is 0 Å². The number of nitrogens with two attached hydrogens (primary N) is 5. The van der Waals surface area contributed by atoms with Crippen LogP contribution in [0, 0.1) is 5.92 Å². The number of aliphatic imine (C=N–C) groups is 2. The highest BCUT2D eigenvalue weighted by atomic mass is 19.4. The zero-order valence-corrected chi connectivity index (χ0v) is 57.5. The van der Waals surface area contributed by atoms with E-state index in [1.807, 2.05) is 24.3 Å². The molecule has 5 heterocycles. The van der Waals surface area contributed by atoms with Crippen LogP contribution in [-0.4, -0.2) is 246 Å². The lowest BCUT2D eigenvalue weighted by atomic mass is 9.84. The maximum absolute atomic E-state index is 15.5. The normalized spacial score (nSPS) is 24.0. The summed E-state index contributed by atoms with van der Waals surface area (Å²) in [6, 6.07) is 6.02. The Morgan fingerprint density at radius 1 is 0.743 bits per heavy atom. The van der Waals surface area contributed by atoms with Gasteiger partial charge < -0.3 is 99.7 Å². The summed E-state index contributed by atoms with van der Waals surface area (Å²) in [5.74, 6) is -9.23. The Kier molecular flexibility index (Phi) is 28.5. The number of carbonyl (C=O) groups excluding carboxylic acids is 11. The molecule has 1 saturated carbocycles. The number of β-amino-alcohol motifs (C(OH)–C–C–N with tert-alkyl or cyclic N) is 1. The molecule has 2 aromatic carbocycles. The van der Waals surface area contributed by atoms with Gasteiger partial charge >= 0.3 is 6.18 Å². The van der Waals surface area contributed by atoms with Crippen molar-refractivity contribution in [2.24, 2.45) is 44.6 Å². The molecule has 10 amide bonds. The number of nitrogens with zero attached hydrogens (tertiary/aromatic N) is 7. The average Bonchev–Trinajstić information content (AvgIpc) is 1.70. The minimum Gasteiger partial charge on any atom is -0.542 e. The molecule has 101 heavy (non-hydrogen) atoms. The third-order valence-electron chi connectivity index (χ3n) is 19.2. The molecule has 31 nitrogen and oxygen atoms in total. The van der Waals surface area contributed by atoms with Crippen molar-refractivity contribution >= 4 is 77.0 Å². The summed E-state index contributed by atoms with van der Waals surface area (Å²) in [6.07, 6.45) is 0.475. The van der Waals surface area contributed by atoms with Crippen LogP contribution in [0.25, 0.3) is 0 Å². The lowest BCUT2D eigenvalue weighted by Gasteiger charge is -2.43. The number of carboxylic acid groups (broad SMARTS) is 1. The van der Waals surface area contributed by atoms with Crippen LogP contribution < -0.4 is 65.7 Å². The highest BCUT2D eigenvalue weighted by Gasteiger charge is 2.52. The maximum Gasteiger partial charge on any atom is 0.430 e. The molecule has 1 aliphatic carbocycles. The Labute approximate surface area is 584 Å². The molecule has 4 saturated heterocycles. The van der Waals surface area contributed by atoms with Gasteiger partial charge in [-0.3, -0.25) is 57.9 Å². The molecule has 0 bridgehead atoms. The van der Waals surface area contributed by atoms with E-state index in [9.17, 15) is 51.8 Å². The SMILES string of the molecule is C[N+](C)(C)CCCC[C@H]1NC(=O)[C@@H]2CC3CCCCC3N2C(=O)[C@H]2Cc3ccccc3CN2C(=O)[C@@H](NC(=O)[C@H](Cc2ccccc2)NC(=O)CNC(=O)[C@@H]2C[C@@H](O)CN2C(=O)[C@@H]2CCCN2C(=O)[C@H](CCCN=C(N)N)NC(=O)[C@H](N)CCCN=C(N)N)CCNC1=O.O=C([O-])C(F)(F)F. The van der Waals surface area contributed by atoms with Gasteiger partial charge in [0.15, 0.2) is 11.9 Å². The van der Waals surface area contributed by atoms with Crippen molar-refractivity contribution in [2.45, 2.75) is 195 Å². The number of halogens is 3. The van der Waals surface area contributed by atoms with Crippen molar-refractivity contribution in [2.75, 3.05) is 67.0 Å². The van der Waals surface area contributed by atoms with Gasteiger partial charge in [-0.1, -0.05) is 67.4 Å². The molecule has 12 atom stereocenters. The lowest BCUT2D eigenvalue weighted by molar-refractivity contribution is -0.870. The Morgan fingerprint density at radius 3 is 2.06 bits per heavy atom. The number of quaternary nitrogens is 1. The summed E-state index contributed by atoms with van der Waals surface area (Å²) in [5.41, 5.74) is 30.4. The molecule has 17 N–H and O–H groups in total.